The molecule has 0 unspecified atom stereocenters. The summed E-state index contributed by atoms with van der Waals surface area (Å²) in [6.45, 7) is 0. The number of hydrogen-bond acceptors (Lipinski definition) is 5. The molecule has 2 aromatic carbocycles. The Morgan fingerprint density at radius 2 is 1.93 bits per heavy atom. The third kappa shape index (κ3) is 4.63. The molecule has 140 valence electrons. The number of halogens is 2. The van der Waals surface area contributed by atoms with E-state index in [9.17, 15) is 17.6 Å². The van der Waals surface area contributed by atoms with Gasteiger partial charge in [-0.3, -0.25) is 9.52 Å². The highest BCUT2D eigenvalue weighted by atomic mass is 35.5. The minimum atomic E-state index is -3.48. The lowest BCUT2D eigenvalue weighted by molar-refractivity contribution is 0.101. The monoisotopic (exact) mass is 409 g/mol. The van der Waals surface area contributed by atoms with Crippen molar-refractivity contribution in [3.05, 3.63) is 65.1 Å². The number of nitrogens with zero attached hydrogens (tertiary/aromatic N) is 1. The molecule has 1 aromatic heterocycles. The molecule has 0 aliphatic heterocycles. The van der Waals surface area contributed by atoms with Crippen LogP contribution in [0.25, 0.3) is 11.3 Å². The molecule has 1 heterocycles. The summed E-state index contributed by atoms with van der Waals surface area (Å²) in [5.41, 5.74) is 0.631. The van der Waals surface area contributed by atoms with Crippen LogP contribution in [0.3, 0.4) is 0 Å². The molecule has 0 bridgehead atoms. The van der Waals surface area contributed by atoms with Crippen LogP contribution in [0.1, 0.15) is 10.5 Å². The van der Waals surface area contributed by atoms with Crippen LogP contribution in [-0.2, 0) is 10.0 Å². The van der Waals surface area contributed by atoms with Gasteiger partial charge in [0.25, 0.3) is 5.91 Å². The van der Waals surface area contributed by atoms with Gasteiger partial charge in [0.2, 0.25) is 10.0 Å². The smallest absolute Gasteiger partial charge is 0.277 e. The van der Waals surface area contributed by atoms with E-state index in [-0.39, 0.29) is 27.7 Å². The molecule has 0 aliphatic carbocycles. The maximum absolute atomic E-state index is 13.8. The van der Waals surface area contributed by atoms with Crippen LogP contribution in [0.5, 0.6) is 0 Å². The fourth-order valence-corrected chi connectivity index (χ4v) is 3.10. The quantitative estimate of drug-likeness (QED) is 0.668. The van der Waals surface area contributed by atoms with Gasteiger partial charge in [0, 0.05) is 11.8 Å². The summed E-state index contributed by atoms with van der Waals surface area (Å²) >= 11 is 6.01. The highest BCUT2D eigenvalue weighted by Gasteiger charge is 2.16. The maximum atomic E-state index is 13.8. The first-order valence-corrected chi connectivity index (χ1v) is 9.80. The van der Waals surface area contributed by atoms with Crippen LogP contribution in [0, 0.1) is 5.82 Å². The van der Waals surface area contributed by atoms with E-state index in [1.165, 1.54) is 42.5 Å². The van der Waals surface area contributed by atoms with Gasteiger partial charge in [0.15, 0.2) is 11.5 Å². The zero-order chi connectivity index (χ0) is 19.6. The summed E-state index contributed by atoms with van der Waals surface area (Å²) in [6.07, 6.45) is 0.997. The molecule has 1 amide bonds. The third-order valence-corrected chi connectivity index (χ3v) is 4.31. The molecule has 7 nitrogen and oxygen atoms in total. The van der Waals surface area contributed by atoms with Crippen LogP contribution >= 0.6 is 11.6 Å². The Hall–Kier alpha value is -2.91. The van der Waals surface area contributed by atoms with E-state index in [4.69, 9.17) is 16.1 Å². The molecule has 2 N–H and O–H groups in total. The van der Waals surface area contributed by atoms with Crippen molar-refractivity contribution < 1.29 is 22.1 Å². The Labute approximate surface area is 159 Å². The number of amides is 1. The Morgan fingerprint density at radius 1 is 1.19 bits per heavy atom. The number of hydrogen-bond donors (Lipinski definition) is 2. The molecular formula is C17H13ClFN3O4S. The van der Waals surface area contributed by atoms with E-state index >= 15 is 0 Å². The van der Waals surface area contributed by atoms with Crippen molar-refractivity contribution in [2.24, 2.45) is 0 Å². The first-order chi connectivity index (χ1) is 12.7. The Morgan fingerprint density at radius 3 is 2.59 bits per heavy atom. The predicted molar refractivity (Wildman–Crippen MR) is 99.8 cm³/mol. The van der Waals surface area contributed by atoms with Crippen LogP contribution in [0.4, 0.5) is 15.8 Å². The number of nitrogens with one attached hydrogen (secondary N) is 2. The van der Waals surface area contributed by atoms with Crippen molar-refractivity contribution in [3.63, 3.8) is 0 Å². The second-order valence-corrected chi connectivity index (χ2v) is 7.73. The highest BCUT2D eigenvalue weighted by molar-refractivity contribution is 7.92. The summed E-state index contributed by atoms with van der Waals surface area (Å²) in [7, 11) is -3.48. The average Bonchev–Trinajstić information content (AvgIpc) is 3.07. The second kappa shape index (κ2) is 7.37. The molecule has 0 saturated carbocycles. The predicted octanol–water partition coefficient (Wildman–Crippen LogP) is 3.76. The molecule has 27 heavy (non-hydrogen) atoms. The number of carbonyl (C=O) groups is 1. The Kier molecular flexibility index (Phi) is 5.15. The van der Waals surface area contributed by atoms with Crippen molar-refractivity contribution in [1.82, 2.24) is 5.16 Å². The van der Waals surface area contributed by atoms with Gasteiger partial charge in [-0.1, -0.05) is 28.9 Å². The zero-order valence-electron chi connectivity index (χ0n) is 13.9. The Balaban J connectivity index is 1.76. The van der Waals surface area contributed by atoms with Crippen LogP contribution < -0.4 is 10.0 Å². The fourth-order valence-electron chi connectivity index (χ4n) is 2.24. The molecule has 10 heteroatoms. The number of rotatable bonds is 5. The molecule has 0 radical (unpaired) electrons. The number of sulfonamides is 1. The van der Waals surface area contributed by atoms with Crippen molar-refractivity contribution in [2.45, 2.75) is 0 Å². The van der Waals surface area contributed by atoms with Crippen LogP contribution in [-0.4, -0.2) is 25.7 Å². The van der Waals surface area contributed by atoms with Crippen molar-refractivity contribution in [2.75, 3.05) is 16.3 Å². The molecule has 0 fully saturated rings. The van der Waals surface area contributed by atoms with Crippen molar-refractivity contribution >= 4 is 38.9 Å². The highest BCUT2D eigenvalue weighted by Crippen LogP contribution is 2.27. The van der Waals surface area contributed by atoms with Crippen molar-refractivity contribution in [3.8, 4) is 11.3 Å². The molecule has 0 atom stereocenters. The van der Waals surface area contributed by atoms with E-state index in [0.717, 1.165) is 6.26 Å². The second-order valence-electron chi connectivity index (χ2n) is 5.58. The summed E-state index contributed by atoms with van der Waals surface area (Å²) in [5.74, 6) is -0.980. The molecule has 0 spiro atoms. The van der Waals surface area contributed by atoms with Gasteiger partial charge in [-0.15, -0.1) is 0 Å². The summed E-state index contributed by atoms with van der Waals surface area (Å²) < 4.78 is 43.6. The van der Waals surface area contributed by atoms with E-state index in [1.807, 2.05) is 0 Å². The average molecular weight is 410 g/mol. The minimum absolute atomic E-state index is 0.0530. The zero-order valence-corrected chi connectivity index (χ0v) is 15.4. The SMILES string of the molecule is CS(=O)(=O)Nc1ccc(NC(=O)c2cc(-c3ccccc3F)on2)cc1Cl. The lowest BCUT2D eigenvalue weighted by atomic mass is 10.1. The topological polar surface area (TPSA) is 101 Å². The molecule has 0 aliphatic rings. The van der Waals surface area contributed by atoms with Gasteiger partial charge in [0.05, 0.1) is 22.5 Å². The normalized spacial score (nSPS) is 11.2. The van der Waals surface area contributed by atoms with Crippen LogP contribution in [0.2, 0.25) is 5.02 Å². The van der Waals surface area contributed by atoms with Gasteiger partial charge in [-0.25, -0.2) is 12.8 Å². The van der Waals surface area contributed by atoms with E-state index in [0.29, 0.717) is 5.69 Å². The van der Waals surface area contributed by atoms with Gasteiger partial charge in [-0.05, 0) is 30.3 Å². The summed E-state index contributed by atoms with van der Waals surface area (Å²) in [5, 5.41) is 6.29. The molecule has 0 saturated heterocycles. The summed E-state index contributed by atoms with van der Waals surface area (Å²) in [6, 6.07) is 11.5. The first-order valence-electron chi connectivity index (χ1n) is 7.53. The van der Waals surface area contributed by atoms with Gasteiger partial charge in [-0.2, -0.15) is 0 Å². The lowest BCUT2D eigenvalue weighted by Crippen LogP contribution is -2.13. The molecule has 3 aromatic rings. The third-order valence-electron chi connectivity index (χ3n) is 3.40. The first kappa shape index (κ1) is 18.9. The van der Waals surface area contributed by atoms with Crippen LogP contribution in [0.15, 0.2) is 53.1 Å². The number of benzene rings is 2. The number of aromatic nitrogens is 1. The largest absolute Gasteiger partial charge is 0.355 e. The van der Waals surface area contributed by atoms with E-state index in [1.54, 1.807) is 6.07 Å². The Bertz CT molecular complexity index is 1110. The van der Waals surface area contributed by atoms with Gasteiger partial charge < -0.3 is 9.84 Å². The van der Waals surface area contributed by atoms with Crippen molar-refractivity contribution in [1.29, 1.82) is 0 Å². The van der Waals surface area contributed by atoms with Gasteiger partial charge >= 0.3 is 0 Å². The van der Waals surface area contributed by atoms with Gasteiger partial charge in [0.1, 0.15) is 5.82 Å². The molecule has 3 rings (SSSR count). The molecular weight excluding hydrogens is 397 g/mol. The van der Waals surface area contributed by atoms with E-state index in [2.05, 4.69) is 15.2 Å². The lowest BCUT2D eigenvalue weighted by Gasteiger charge is -2.08. The fraction of sp³-hybridized carbons (Fsp3) is 0.0588. The maximum Gasteiger partial charge on any atom is 0.277 e. The number of anilines is 2. The standard InChI is InChI=1S/C17H13ClFN3O4S/c1-27(24,25)22-14-7-6-10(8-12(14)18)20-17(23)15-9-16(26-21-15)11-4-2-3-5-13(11)19/h2-9,22H,1H3,(H,20,23). The minimum Gasteiger partial charge on any atom is -0.355 e. The number of carbonyl (C=O) groups excluding carboxylic acids is 1. The van der Waals surface area contributed by atoms with E-state index < -0.39 is 21.7 Å². The summed E-state index contributed by atoms with van der Waals surface area (Å²) in [4.78, 5) is 12.3.